The molecular formula is C27H18N2O. The van der Waals surface area contributed by atoms with Crippen LogP contribution in [-0.4, -0.2) is 5.78 Å². The summed E-state index contributed by atoms with van der Waals surface area (Å²) in [5.74, 6) is -0.184. The summed E-state index contributed by atoms with van der Waals surface area (Å²) >= 11 is 0. The molecule has 0 aromatic heterocycles. The summed E-state index contributed by atoms with van der Waals surface area (Å²) in [5.41, 5.74) is 13.9. The Hall–Kier alpha value is -4.16. The van der Waals surface area contributed by atoms with E-state index in [2.05, 4.69) is 12.1 Å². The summed E-state index contributed by atoms with van der Waals surface area (Å²) in [6.45, 7) is 0. The lowest BCUT2D eigenvalue weighted by Crippen LogP contribution is -2.11. The Labute approximate surface area is 175 Å². The minimum atomic E-state index is -0.184. The second kappa shape index (κ2) is 7.02. The number of rotatable bonds is 3. The van der Waals surface area contributed by atoms with Crippen LogP contribution in [-0.2, 0) is 6.42 Å². The Morgan fingerprint density at radius 2 is 1.47 bits per heavy atom. The molecule has 0 saturated heterocycles. The summed E-state index contributed by atoms with van der Waals surface area (Å²) in [6.07, 6.45) is 0.681. The van der Waals surface area contributed by atoms with Gasteiger partial charge in [-0.1, -0.05) is 84.9 Å². The Morgan fingerprint density at radius 3 is 2.17 bits per heavy atom. The molecule has 0 amide bonds. The highest BCUT2D eigenvalue weighted by atomic mass is 16.1. The van der Waals surface area contributed by atoms with Gasteiger partial charge in [0.25, 0.3) is 0 Å². The molecule has 0 unspecified atom stereocenters. The van der Waals surface area contributed by atoms with E-state index in [9.17, 15) is 10.1 Å². The Bertz CT molecular complexity index is 1330. The largest absolute Gasteiger partial charge is 0.397 e. The van der Waals surface area contributed by atoms with E-state index >= 15 is 0 Å². The van der Waals surface area contributed by atoms with Crippen LogP contribution in [0.3, 0.4) is 0 Å². The van der Waals surface area contributed by atoms with Crippen molar-refractivity contribution in [2.24, 2.45) is 0 Å². The third-order valence-corrected chi connectivity index (χ3v) is 5.73. The number of fused-ring (bicyclic) bond motifs is 3. The van der Waals surface area contributed by atoms with Crippen molar-refractivity contribution in [1.29, 1.82) is 5.26 Å². The van der Waals surface area contributed by atoms with Crippen LogP contribution < -0.4 is 5.73 Å². The molecule has 2 N–H and O–H groups in total. The van der Waals surface area contributed by atoms with E-state index in [-0.39, 0.29) is 11.3 Å². The topological polar surface area (TPSA) is 66.9 Å². The third kappa shape index (κ3) is 2.62. The molecule has 4 aromatic carbocycles. The number of carbonyl (C=O) groups excluding carboxylic acids is 1. The molecule has 3 heteroatoms. The van der Waals surface area contributed by atoms with E-state index in [1.807, 2.05) is 66.7 Å². The average molecular weight is 386 g/mol. The molecule has 1 aliphatic rings. The molecule has 0 fully saturated rings. The van der Waals surface area contributed by atoms with E-state index in [0.29, 0.717) is 23.2 Å². The van der Waals surface area contributed by atoms with Crippen molar-refractivity contribution in [3.05, 3.63) is 113 Å². The van der Waals surface area contributed by atoms with Gasteiger partial charge in [-0.2, -0.15) is 5.26 Å². The Morgan fingerprint density at radius 1 is 0.833 bits per heavy atom. The summed E-state index contributed by atoms with van der Waals surface area (Å²) in [4.78, 5) is 13.6. The monoisotopic (exact) mass is 386 g/mol. The van der Waals surface area contributed by atoms with Crippen molar-refractivity contribution >= 4 is 11.5 Å². The fraction of sp³-hybridized carbons (Fsp3) is 0.0370. The van der Waals surface area contributed by atoms with E-state index in [1.165, 1.54) is 0 Å². The van der Waals surface area contributed by atoms with Crippen molar-refractivity contribution in [2.75, 3.05) is 5.73 Å². The maximum Gasteiger partial charge on any atom is 0.195 e. The molecule has 30 heavy (non-hydrogen) atoms. The van der Waals surface area contributed by atoms with Gasteiger partial charge >= 0.3 is 0 Å². The zero-order valence-corrected chi connectivity index (χ0v) is 16.2. The van der Waals surface area contributed by atoms with E-state index in [1.54, 1.807) is 12.1 Å². The number of benzene rings is 4. The Kier molecular flexibility index (Phi) is 4.19. The molecular weight excluding hydrogens is 368 g/mol. The van der Waals surface area contributed by atoms with E-state index in [0.717, 1.165) is 33.4 Å². The number of anilines is 1. The molecule has 0 saturated carbocycles. The fourth-order valence-corrected chi connectivity index (χ4v) is 4.42. The van der Waals surface area contributed by atoms with Gasteiger partial charge in [-0.3, -0.25) is 4.79 Å². The second-order valence-electron chi connectivity index (χ2n) is 7.40. The van der Waals surface area contributed by atoms with Crippen LogP contribution in [0.5, 0.6) is 0 Å². The summed E-state index contributed by atoms with van der Waals surface area (Å²) in [5, 5.41) is 10.1. The predicted molar refractivity (Wildman–Crippen MR) is 119 cm³/mol. The molecule has 0 radical (unpaired) electrons. The van der Waals surface area contributed by atoms with Gasteiger partial charge in [-0.05, 0) is 34.2 Å². The minimum Gasteiger partial charge on any atom is -0.397 e. The zero-order chi connectivity index (χ0) is 20.7. The van der Waals surface area contributed by atoms with Gasteiger partial charge in [0.2, 0.25) is 0 Å². The number of hydrogen-bond donors (Lipinski definition) is 1. The number of carbonyl (C=O) groups is 1. The maximum absolute atomic E-state index is 13.6. The molecule has 142 valence electrons. The average Bonchev–Trinajstić information content (AvgIpc) is 3.19. The van der Waals surface area contributed by atoms with Crippen molar-refractivity contribution in [2.45, 2.75) is 6.42 Å². The standard InChI is InChI=1S/C27H18N2O/c28-16-22-25(27(30)18-11-5-2-6-12-18)23(17-9-3-1-4-10-17)21-15-19-13-7-8-14-20(19)24(21)26(22)29/h1-14H,15,29H2. The number of nitrogen functional groups attached to an aromatic ring is 1. The van der Waals surface area contributed by atoms with Crippen LogP contribution in [0.2, 0.25) is 0 Å². The van der Waals surface area contributed by atoms with Crippen LogP contribution in [0.1, 0.15) is 32.6 Å². The van der Waals surface area contributed by atoms with Crippen LogP contribution >= 0.6 is 0 Å². The van der Waals surface area contributed by atoms with Crippen molar-refractivity contribution in [3.63, 3.8) is 0 Å². The minimum absolute atomic E-state index is 0.184. The zero-order valence-electron chi connectivity index (χ0n) is 16.2. The molecule has 0 bridgehead atoms. The first-order valence-corrected chi connectivity index (χ1v) is 9.82. The highest BCUT2D eigenvalue weighted by Gasteiger charge is 2.32. The first-order chi connectivity index (χ1) is 14.7. The normalized spacial score (nSPS) is 11.4. The molecule has 4 aromatic rings. The quantitative estimate of drug-likeness (QED) is 0.324. The van der Waals surface area contributed by atoms with Gasteiger partial charge in [0, 0.05) is 11.1 Å². The number of nitriles is 1. The third-order valence-electron chi connectivity index (χ3n) is 5.73. The predicted octanol–water partition coefficient (Wildman–Crippen LogP) is 5.61. The lowest BCUT2D eigenvalue weighted by atomic mass is 9.83. The van der Waals surface area contributed by atoms with Crippen molar-refractivity contribution in [3.8, 4) is 28.3 Å². The maximum atomic E-state index is 13.6. The Balaban J connectivity index is 1.90. The van der Waals surface area contributed by atoms with Crippen LogP contribution in [0.4, 0.5) is 5.69 Å². The number of nitrogens with zero attached hydrogens (tertiary/aromatic N) is 1. The van der Waals surface area contributed by atoms with Crippen molar-refractivity contribution < 1.29 is 4.79 Å². The van der Waals surface area contributed by atoms with Crippen LogP contribution in [0.25, 0.3) is 22.3 Å². The highest BCUT2D eigenvalue weighted by Crippen LogP contribution is 2.48. The smallest absolute Gasteiger partial charge is 0.195 e. The second-order valence-corrected chi connectivity index (χ2v) is 7.40. The summed E-state index contributed by atoms with van der Waals surface area (Å²) in [6, 6.07) is 29.2. The molecule has 1 aliphatic carbocycles. The van der Waals surface area contributed by atoms with Gasteiger partial charge in [-0.25, -0.2) is 0 Å². The van der Waals surface area contributed by atoms with Gasteiger partial charge in [0.15, 0.2) is 5.78 Å². The van der Waals surface area contributed by atoms with Crippen LogP contribution in [0, 0.1) is 11.3 Å². The molecule has 0 spiro atoms. The summed E-state index contributed by atoms with van der Waals surface area (Å²) in [7, 11) is 0. The fourth-order valence-electron chi connectivity index (χ4n) is 4.42. The lowest BCUT2D eigenvalue weighted by molar-refractivity contribution is 0.103. The van der Waals surface area contributed by atoms with E-state index < -0.39 is 0 Å². The molecule has 0 heterocycles. The van der Waals surface area contributed by atoms with Gasteiger partial charge in [-0.15, -0.1) is 0 Å². The number of hydrogen-bond acceptors (Lipinski definition) is 3. The summed E-state index contributed by atoms with van der Waals surface area (Å²) < 4.78 is 0. The van der Waals surface area contributed by atoms with Gasteiger partial charge < -0.3 is 5.73 Å². The SMILES string of the molecule is N#Cc1c(N)c2c(c(-c3ccccc3)c1C(=O)c1ccccc1)Cc1ccccc1-2. The number of nitrogens with two attached hydrogens (primary N) is 1. The first kappa shape index (κ1) is 17.9. The molecule has 0 aliphatic heterocycles. The lowest BCUT2D eigenvalue weighted by Gasteiger charge is -2.19. The molecule has 5 rings (SSSR count). The molecule has 0 atom stereocenters. The number of ketones is 1. The van der Waals surface area contributed by atoms with Crippen molar-refractivity contribution in [1.82, 2.24) is 0 Å². The highest BCUT2D eigenvalue weighted by molar-refractivity contribution is 6.17. The van der Waals surface area contributed by atoms with E-state index in [4.69, 9.17) is 5.73 Å². The first-order valence-electron chi connectivity index (χ1n) is 9.82. The van der Waals surface area contributed by atoms with Gasteiger partial charge in [0.1, 0.15) is 6.07 Å². The van der Waals surface area contributed by atoms with Crippen LogP contribution in [0.15, 0.2) is 84.9 Å². The van der Waals surface area contributed by atoms with Gasteiger partial charge in [0.05, 0.1) is 16.8 Å². The molecule has 3 nitrogen and oxygen atoms in total.